The molecule has 0 saturated heterocycles. The van der Waals surface area contributed by atoms with Crippen molar-refractivity contribution in [2.45, 2.75) is 18.8 Å². The Bertz CT molecular complexity index is 615. The minimum atomic E-state index is -1.24. The number of ether oxygens (including phenoxy) is 1. The number of rotatable bonds is 4. The lowest BCUT2D eigenvalue weighted by molar-refractivity contribution is 0.0843. The van der Waals surface area contributed by atoms with Crippen LogP contribution in [0.4, 0.5) is 0 Å². The van der Waals surface area contributed by atoms with Crippen molar-refractivity contribution >= 4 is 45.2 Å². The van der Waals surface area contributed by atoms with Gasteiger partial charge in [0.2, 0.25) is 5.16 Å². The SMILES string of the molecule is CCOCn1c(S(C)=O)nc2cc(Cl)c(Cl)nc21. The molecule has 98 valence electrons. The summed E-state index contributed by atoms with van der Waals surface area (Å²) in [7, 11) is -1.24. The Morgan fingerprint density at radius 1 is 1.44 bits per heavy atom. The number of fused-ring (bicyclic) bond motifs is 1. The second-order valence-corrected chi connectivity index (χ2v) is 5.54. The summed E-state index contributed by atoms with van der Waals surface area (Å²) in [5.41, 5.74) is 1.07. The van der Waals surface area contributed by atoms with Gasteiger partial charge in [-0.05, 0) is 13.0 Å². The molecule has 0 bridgehead atoms. The number of hydrogen-bond donors (Lipinski definition) is 0. The van der Waals surface area contributed by atoms with Gasteiger partial charge in [-0.15, -0.1) is 0 Å². The van der Waals surface area contributed by atoms with Crippen molar-refractivity contribution in [3.05, 3.63) is 16.2 Å². The van der Waals surface area contributed by atoms with Crippen molar-refractivity contribution < 1.29 is 8.95 Å². The first-order chi connectivity index (χ1) is 8.54. The Morgan fingerprint density at radius 2 is 2.17 bits per heavy atom. The lowest BCUT2D eigenvalue weighted by Gasteiger charge is -2.06. The minimum Gasteiger partial charge on any atom is -0.361 e. The number of pyridine rings is 1. The van der Waals surface area contributed by atoms with Crippen LogP contribution in [0.2, 0.25) is 10.2 Å². The summed E-state index contributed by atoms with van der Waals surface area (Å²) in [6, 6.07) is 1.60. The molecular weight excluding hydrogens is 297 g/mol. The van der Waals surface area contributed by atoms with E-state index in [1.54, 1.807) is 16.9 Å². The van der Waals surface area contributed by atoms with Gasteiger partial charge in [-0.3, -0.25) is 8.78 Å². The maximum atomic E-state index is 11.6. The Labute approximate surface area is 117 Å². The topological polar surface area (TPSA) is 57.0 Å². The fourth-order valence-corrected chi connectivity index (χ4v) is 2.46. The van der Waals surface area contributed by atoms with Gasteiger partial charge in [-0.25, -0.2) is 9.97 Å². The van der Waals surface area contributed by atoms with Gasteiger partial charge in [0.25, 0.3) is 0 Å². The van der Waals surface area contributed by atoms with Crippen LogP contribution in [-0.4, -0.2) is 31.6 Å². The largest absolute Gasteiger partial charge is 0.361 e. The van der Waals surface area contributed by atoms with Crippen LogP contribution in [0.1, 0.15) is 6.92 Å². The summed E-state index contributed by atoms with van der Waals surface area (Å²) >= 11 is 11.8. The fraction of sp³-hybridized carbons (Fsp3) is 0.400. The quantitative estimate of drug-likeness (QED) is 0.814. The molecule has 2 aromatic heterocycles. The van der Waals surface area contributed by atoms with Gasteiger partial charge < -0.3 is 4.74 Å². The third kappa shape index (κ3) is 2.51. The molecule has 1 atom stereocenters. The van der Waals surface area contributed by atoms with E-state index >= 15 is 0 Å². The number of nitrogens with zero attached hydrogens (tertiary/aromatic N) is 3. The average molecular weight is 308 g/mol. The molecule has 0 spiro atoms. The van der Waals surface area contributed by atoms with Crippen LogP contribution in [0.5, 0.6) is 0 Å². The summed E-state index contributed by atoms with van der Waals surface area (Å²) < 4.78 is 18.6. The standard InChI is InChI=1S/C10H11Cl2N3O2S/c1-3-17-5-15-9-7(13-10(15)18(2)16)4-6(11)8(12)14-9/h4H,3,5H2,1-2H3. The van der Waals surface area contributed by atoms with Crippen molar-refractivity contribution in [1.82, 2.24) is 14.5 Å². The molecule has 0 aliphatic carbocycles. The molecule has 2 rings (SSSR count). The van der Waals surface area contributed by atoms with Gasteiger partial charge in [0.15, 0.2) is 5.65 Å². The van der Waals surface area contributed by atoms with Crippen molar-refractivity contribution in [3.63, 3.8) is 0 Å². The van der Waals surface area contributed by atoms with Gasteiger partial charge in [0, 0.05) is 12.9 Å². The molecule has 0 aliphatic rings. The highest BCUT2D eigenvalue weighted by Crippen LogP contribution is 2.25. The number of hydrogen-bond acceptors (Lipinski definition) is 4. The predicted molar refractivity (Wildman–Crippen MR) is 71.5 cm³/mol. The van der Waals surface area contributed by atoms with Crippen molar-refractivity contribution in [2.75, 3.05) is 12.9 Å². The lowest BCUT2D eigenvalue weighted by atomic mass is 10.4. The smallest absolute Gasteiger partial charge is 0.202 e. The maximum absolute atomic E-state index is 11.6. The predicted octanol–water partition coefficient (Wildman–Crippen LogP) is 2.47. The van der Waals surface area contributed by atoms with Crippen LogP contribution in [-0.2, 0) is 22.3 Å². The molecule has 0 aliphatic heterocycles. The molecule has 0 fully saturated rings. The Morgan fingerprint density at radius 3 is 2.78 bits per heavy atom. The number of imidazole rings is 1. The maximum Gasteiger partial charge on any atom is 0.202 e. The number of halogens is 2. The molecule has 0 aromatic carbocycles. The first-order valence-electron chi connectivity index (χ1n) is 5.18. The first-order valence-corrected chi connectivity index (χ1v) is 7.49. The molecule has 0 N–H and O–H groups in total. The highest BCUT2D eigenvalue weighted by atomic mass is 35.5. The zero-order chi connectivity index (χ0) is 13.3. The summed E-state index contributed by atoms with van der Waals surface area (Å²) in [5.74, 6) is 0. The summed E-state index contributed by atoms with van der Waals surface area (Å²) in [6.07, 6.45) is 1.55. The molecule has 8 heteroatoms. The highest BCUT2D eigenvalue weighted by Gasteiger charge is 2.16. The Kier molecular flexibility index (Phi) is 4.21. The Hall–Kier alpha value is -0.690. The molecule has 1 unspecified atom stereocenters. The van der Waals surface area contributed by atoms with E-state index in [1.165, 1.54) is 0 Å². The van der Waals surface area contributed by atoms with E-state index in [-0.39, 0.29) is 11.9 Å². The van der Waals surface area contributed by atoms with Gasteiger partial charge >= 0.3 is 0 Å². The van der Waals surface area contributed by atoms with Crippen LogP contribution >= 0.6 is 23.2 Å². The fourth-order valence-electron chi connectivity index (χ4n) is 1.50. The van der Waals surface area contributed by atoms with E-state index < -0.39 is 10.8 Å². The molecule has 0 amide bonds. The molecule has 18 heavy (non-hydrogen) atoms. The van der Waals surface area contributed by atoms with Crippen LogP contribution in [0.3, 0.4) is 0 Å². The van der Waals surface area contributed by atoms with Crippen LogP contribution < -0.4 is 0 Å². The van der Waals surface area contributed by atoms with E-state index in [0.29, 0.717) is 27.9 Å². The number of aromatic nitrogens is 3. The first kappa shape index (κ1) is 13.7. The Balaban J connectivity index is 2.64. The third-order valence-electron chi connectivity index (χ3n) is 2.28. The zero-order valence-corrected chi connectivity index (χ0v) is 12.1. The van der Waals surface area contributed by atoms with Gasteiger partial charge in [-0.1, -0.05) is 23.2 Å². The highest BCUT2D eigenvalue weighted by molar-refractivity contribution is 7.84. The van der Waals surface area contributed by atoms with Crippen LogP contribution in [0, 0.1) is 0 Å². The van der Waals surface area contributed by atoms with Crippen molar-refractivity contribution in [3.8, 4) is 0 Å². The van der Waals surface area contributed by atoms with Gasteiger partial charge in [0.05, 0.1) is 15.8 Å². The van der Waals surface area contributed by atoms with Crippen molar-refractivity contribution in [2.24, 2.45) is 0 Å². The molecule has 0 radical (unpaired) electrons. The summed E-state index contributed by atoms with van der Waals surface area (Å²) in [6.45, 7) is 2.64. The summed E-state index contributed by atoms with van der Waals surface area (Å²) in [4.78, 5) is 8.39. The van der Waals surface area contributed by atoms with Gasteiger partial charge in [-0.2, -0.15) is 0 Å². The minimum absolute atomic E-state index is 0.190. The lowest BCUT2D eigenvalue weighted by Crippen LogP contribution is -2.08. The second kappa shape index (κ2) is 5.52. The van der Waals surface area contributed by atoms with E-state index in [4.69, 9.17) is 27.9 Å². The third-order valence-corrected chi connectivity index (χ3v) is 3.78. The van der Waals surface area contributed by atoms with E-state index in [9.17, 15) is 4.21 Å². The zero-order valence-electron chi connectivity index (χ0n) is 9.81. The van der Waals surface area contributed by atoms with E-state index in [0.717, 1.165) is 0 Å². The molecule has 5 nitrogen and oxygen atoms in total. The van der Waals surface area contributed by atoms with Crippen LogP contribution in [0.25, 0.3) is 11.2 Å². The van der Waals surface area contributed by atoms with E-state index in [1.807, 2.05) is 6.92 Å². The van der Waals surface area contributed by atoms with Gasteiger partial charge in [0.1, 0.15) is 17.4 Å². The molecular formula is C10H11Cl2N3O2S. The normalized spacial score (nSPS) is 13.1. The average Bonchev–Trinajstić information content (AvgIpc) is 2.65. The second-order valence-electron chi connectivity index (χ2n) is 3.50. The van der Waals surface area contributed by atoms with E-state index in [2.05, 4.69) is 9.97 Å². The summed E-state index contributed by atoms with van der Waals surface area (Å²) in [5, 5.41) is 0.901. The molecule has 2 aromatic rings. The van der Waals surface area contributed by atoms with Crippen LogP contribution in [0.15, 0.2) is 11.2 Å². The van der Waals surface area contributed by atoms with Crippen molar-refractivity contribution in [1.29, 1.82) is 0 Å². The monoisotopic (exact) mass is 307 g/mol. The molecule has 2 heterocycles. The molecule has 0 saturated carbocycles.